The summed E-state index contributed by atoms with van der Waals surface area (Å²) in [6.07, 6.45) is 6.58. The van der Waals surface area contributed by atoms with Gasteiger partial charge in [0.15, 0.2) is 11.5 Å². The fourth-order valence-electron chi connectivity index (χ4n) is 2.68. The number of aromatic hydroxyl groups is 1. The summed E-state index contributed by atoms with van der Waals surface area (Å²) in [5, 5.41) is 10.2. The van der Waals surface area contributed by atoms with E-state index in [0.717, 1.165) is 25.2 Å². The number of likely N-dealkylation sites (tertiary alicyclic amines) is 1. The second kappa shape index (κ2) is 7.39. The molecule has 1 fully saturated rings. The van der Waals surface area contributed by atoms with Crippen LogP contribution in [-0.2, 0) is 6.54 Å². The molecule has 0 bridgehead atoms. The molecule has 0 atom stereocenters. The number of ether oxygens (including phenoxy) is 1. The highest BCUT2D eigenvalue weighted by Crippen LogP contribution is 2.30. The van der Waals surface area contributed by atoms with Gasteiger partial charge in [0.05, 0.1) is 6.61 Å². The van der Waals surface area contributed by atoms with Gasteiger partial charge in [0, 0.05) is 12.1 Å². The number of rotatable bonds is 4. The van der Waals surface area contributed by atoms with Crippen LogP contribution in [0.15, 0.2) is 18.2 Å². The first-order valence-corrected chi connectivity index (χ1v) is 7.47. The lowest BCUT2D eigenvalue weighted by atomic mass is 10.1. The van der Waals surface area contributed by atoms with E-state index < -0.39 is 0 Å². The molecule has 1 saturated heterocycles. The van der Waals surface area contributed by atoms with Crippen molar-refractivity contribution in [2.75, 3.05) is 19.7 Å². The largest absolute Gasteiger partial charge is 0.504 e. The highest BCUT2D eigenvalue weighted by molar-refractivity contribution is 5.45. The Labute approximate surface area is 116 Å². The first kappa shape index (κ1) is 14.2. The molecular weight excluding hydrogens is 238 g/mol. The van der Waals surface area contributed by atoms with Crippen LogP contribution in [0, 0.1) is 0 Å². The quantitative estimate of drug-likeness (QED) is 0.901. The van der Waals surface area contributed by atoms with E-state index in [1.54, 1.807) is 0 Å². The smallest absolute Gasteiger partial charge is 0.162 e. The predicted molar refractivity (Wildman–Crippen MR) is 77.6 cm³/mol. The highest BCUT2D eigenvalue weighted by Gasteiger charge is 2.13. The minimum atomic E-state index is 0.311. The summed E-state index contributed by atoms with van der Waals surface area (Å²) in [4.78, 5) is 2.45. The van der Waals surface area contributed by atoms with Crippen molar-refractivity contribution in [3.63, 3.8) is 0 Å². The summed E-state index contributed by atoms with van der Waals surface area (Å²) in [5.41, 5.74) is 0.978. The zero-order valence-corrected chi connectivity index (χ0v) is 11.9. The van der Waals surface area contributed by atoms with E-state index >= 15 is 0 Å². The molecule has 1 aliphatic rings. The molecule has 0 amide bonds. The summed E-state index contributed by atoms with van der Waals surface area (Å²) in [6, 6.07) is 5.79. The zero-order valence-electron chi connectivity index (χ0n) is 11.9. The van der Waals surface area contributed by atoms with Gasteiger partial charge in [-0.25, -0.2) is 0 Å². The van der Waals surface area contributed by atoms with Gasteiger partial charge < -0.3 is 9.84 Å². The van der Waals surface area contributed by atoms with E-state index in [4.69, 9.17) is 4.74 Å². The van der Waals surface area contributed by atoms with Gasteiger partial charge in [-0.3, -0.25) is 4.90 Å². The molecule has 1 aliphatic heterocycles. The molecule has 0 spiro atoms. The standard InChI is InChI=1S/C16H25NO2/c1-2-19-15-10-8-9-14(16(15)18)13-17-11-6-4-3-5-7-12-17/h8-10,18H,2-7,11-13H2,1H3. The Bertz CT molecular complexity index is 384. The van der Waals surface area contributed by atoms with Gasteiger partial charge in [-0.1, -0.05) is 31.4 Å². The van der Waals surface area contributed by atoms with E-state index in [-0.39, 0.29) is 0 Å². The normalized spacial score (nSPS) is 17.7. The lowest BCUT2D eigenvalue weighted by Crippen LogP contribution is -2.26. The molecule has 106 valence electrons. The summed E-state index contributed by atoms with van der Waals surface area (Å²) < 4.78 is 5.44. The monoisotopic (exact) mass is 263 g/mol. The maximum Gasteiger partial charge on any atom is 0.162 e. The summed E-state index contributed by atoms with van der Waals surface area (Å²) in [5.74, 6) is 0.915. The molecule has 3 nitrogen and oxygen atoms in total. The van der Waals surface area contributed by atoms with Crippen molar-refractivity contribution in [3.05, 3.63) is 23.8 Å². The fourth-order valence-corrected chi connectivity index (χ4v) is 2.68. The molecule has 2 rings (SSSR count). The van der Waals surface area contributed by atoms with Gasteiger partial charge in [0.2, 0.25) is 0 Å². The molecule has 0 saturated carbocycles. The fraction of sp³-hybridized carbons (Fsp3) is 0.625. The SMILES string of the molecule is CCOc1cccc(CN2CCCCCCC2)c1O. The van der Waals surface area contributed by atoms with Gasteiger partial charge >= 0.3 is 0 Å². The summed E-state index contributed by atoms with van der Waals surface area (Å²) in [7, 11) is 0. The van der Waals surface area contributed by atoms with Crippen molar-refractivity contribution < 1.29 is 9.84 Å². The number of hydrogen-bond donors (Lipinski definition) is 1. The number of hydrogen-bond acceptors (Lipinski definition) is 3. The molecule has 1 N–H and O–H groups in total. The maximum atomic E-state index is 10.2. The molecule has 0 aromatic heterocycles. The Morgan fingerprint density at radius 2 is 1.79 bits per heavy atom. The van der Waals surface area contributed by atoms with Crippen LogP contribution >= 0.6 is 0 Å². The molecule has 0 radical (unpaired) electrons. The average molecular weight is 263 g/mol. The first-order valence-electron chi connectivity index (χ1n) is 7.47. The van der Waals surface area contributed by atoms with Gasteiger partial charge in [-0.2, -0.15) is 0 Å². The molecule has 1 aromatic carbocycles. The lowest BCUT2D eigenvalue weighted by molar-refractivity contribution is 0.235. The van der Waals surface area contributed by atoms with Gasteiger partial charge in [0.25, 0.3) is 0 Å². The van der Waals surface area contributed by atoms with Crippen molar-refractivity contribution in [3.8, 4) is 11.5 Å². The minimum Gasteiger partial charge on any atom is -0.504 e. The Morgan fingerprint density at radius 3 is 2.47 bits per heavy atom. The molecule has 19 heavy (non-hydrogen) atoms. The Morgan fingerprint density at radius 1 is 1.11 bits per heavy atom. The topological polar surface area (TPSA) is 32.7 Å². The van der Waals surface area contributed by atoms with Crippen LogP contribution in [0.3, 0.4) is 0 Å². The molecule has 1 heterocycles. The van der Waals surface area contributed by atoms with E-state index in [2.05, 4.69) is 4.90 Å². The van der Waals surface area contributed by atoms with Crippen LogP contribution in [0.1, 0.15) is 44.6 Å². The first-order chi connectivity index (χ1) is 9.31. The number of nitrogens with zero attached hydrogens (tertiary/aromatic N) is 1. The second-order valence-corrected chi connectivity index (χ2v) is 5.24. The lowest BCUT2D eigenvalue weighted by Gasteiger charge is -2.25. The molecule has 3 heteroatoms. The van der Waals surface area contributed by atoms with Crippen molar-refractivity contribution in [2.45, 2.75) is 45.6 Å². The van der Waals surface area contributed by atoms with E-state index in [0.29, 0.717) is 18.1 Å². The molecular formula is C16H25NO2. The van der Waals surface area contributed by atoms with Crippen LogP contribution in [0.2, 0.25) is 0 Å². The van der Waals surface area contributed by atoms with Gasteiger partial charge in [-0.05, 0) is 38.9 Å². The van der Waals surface area contributed by atoms with Crippen LogP contribution in [0.4, 0.5) is 0 Å². The summed E-state index contributed by atoms with van der Waals surface area (Å²) >= 11 is 0. The van der Waals surface area contributed by atoms with Crippen molar-refractivity contribution in [1.82, 2.24) is 4.90 Å². The van der Waals surface area contributed by atoms with E-state index in [9.17, 15) is 5.11 Å². The Hall–Kier alpha value is -1.22. The van der Waals surface area contributed by atoms with Crippen molar-refractivity contribution in [1.29, 1.82) is 0 Å². The predicted octanol–water partition coefficient (Wildman–Crippen LogP) is 3.56. The van der Waals surface area contributed by atoms with E-state index in [1.165, 1.54) is 32.1 Å². The number of phenols is 1. The zero-order chi connectivity index (χ0) is 13.5. The van der Waals surface area contributed by atoms with Gasteiger partial charge in [0.1, 0.15) is 0 Å². The van der Waals surface area contributed by atoms with Crippen molar-refractivity contribution in [2.24, 2.45) is 0 Å². The third-order valence-corrected chi connectivity index (χ3v) is 3.73. The third kappa shape index (κ3) is 4.13. The molecule has 0 aliphatic carbocycles. The number of phenolic OH excluding ortho intramolecular Hbond substituents is 1. The minimum absolute atomic E-state index is 0.311. The van der Waals surface area contributed by atoms with Crippen LogP contribution in [-0.4, -0.2) is 29.7 Å². The average Bonchev–Trinajstić information content (AvgIpc) is 2.37. The molecule has 0 unspecified atom stereocenters. The van der Waals surface area contributed by atoms with Crippen LogP contribution in [0.25, 0.3) is 0 Å². The van der Waals surface area contributed by atoms with E-state index in [1.807, 2.05) is 25.1 Å². The van der Waals surface area contributed by atoms with Crippen LogP contribution in [0.5, 0.6) is 11.5 Å². The number of benzene rings is 1. The van der Waals surface area contributed by atoms with Gasteiger partial charge in [-0.15, -0.1) is 0 Å². The Balaban J connectivity index is 2.02. The highest BCUT2D eigenvalue weighted by atomic mass is 16.5. The molecule has 1 aromatic rings. The second-order valence-electron chi connectivity index (χ2n) is 5.24. The summed E-state index contributed by atoms with van der Waals surface area (Å²) in [6.45, 7) is 5.62. The van der Waals surface area contributed by atoms with Crippen molar-refractivity contribution >= 4 is 0 Å². The number of para-hydroxylation sites is 1. The maximum absolute atomic E-state index is 10.2. The third-order valence-electron chi connectivity index (χ3n) is 3.73. The van der Waals surface area contributed by atoms with Crippen LogP contribution < -0.4 is 4.74 Å². The Kier molecular flexibility index (Phi) is 5.52.